The average molecular weight is 491 g/mol. The minimum absolute atomic E-state index is 0.0325. The summed E-state index contributed by atoms with van der Waals surface area (Å²) >= 11 is 7.76. The molecule has 0 heterocycles. The molecule has 8 nitrogen and oxygen atoms in total. The third-order valence-corrected chi connectivity index (χ3v) is 4.20. The summed E-state index contributed by atoms with van der Waals surface area (Å²) in [5, 5.41) is 19.7. The summed E-state index contributed by atoms with van der Waals surface area (Å²) in [6.45, 7) is -0.492. The molecule has 0 unspecified atom stereocenters. The van der Waals surface area contributed by atoms with Crippen molar-refractivity contribution in [3.63, 3.8) is 0 Å². The maximum absolute atomic E-state index is 10.9. The van der Waals surface area contributed by atoms with Crippen molar-refractivity contribution in [3.8, 4) is 11.5 Å². The number of nitro groups is 1. The Kier molecular flexibility index (Phi) is 6.75. The summed E-state index contributed by atoms with van der Waals surface area (Å²) in [7, 11) is 1.43. The zero-order valence-corrected chi connectivity index (χ0v) is 16.2. The lowest BCUT2D eigenvalue weighted by molar-refractivity contribution is -0.384. The van der Waals surface area contributed by atoms with Gasteiger partial charge in [0.15, 0.2) is 18.1 Å². The molecule has 2 aromatic carbocycles. The maximum atomic E-state index is 10.9. The van der Waals surface area contributed by atoms with Crippen molar-refractivity contribution in [1.29, 1.82) is 0 Å². The Morgan fingerprint density at radius 1 is 1.42 bits per heavy atom. The Morgan fingerprint density at radius 2 is 2.15 bits per heavy atom. The van der Waals surface area contributed by atoms with Crippen LogP contribution in [0.1, 0.15) is 5.56 Å². The van der Waals surface area contributed by atoms with E-state index in [2.05, 4.69) is 4.99 Å². The maximum Gasteiger partial charge on any atom is 0.341 e. The molecule has 0 amide bonds. The van der Waals surface area contributed by atoms with Crippen LogP contribution < -0.4 is 9.47 Å². The molecule has 0 spiro atoms. The first-order chi connectivity index (χ1) is 12.3. The second-order valence-corrected chi connectivity index (χ2v) is 6.44. The summed E-state index contributed by atoms with van der Waals surface area (Å²) in [5.41, 5.74) is 0.777. The first-order valence-electron chi connectivity index (χ1n) is 7.02. The van der Waals surface area contributed by atoms with Crippen molar-refractivity contribution in [2.45, 2.75) is 0 Å². The number of benzene rings is 2. The second kappa shape index (κ2) is 8.81. The molecule has 2 aromatic rings. The highest BCUT2D eigenvalue weighted by atomic mass is 127. The van der Waals surface area contributed by atoms with Crippen LogP contribution in [0.15, 0.2) is 35.3 Å². The Bertz CT molecular complexity index is 887. The Labute approximate surface area is 166 Å². The van der Waals surface area contributed by atoms with Crippen LogP contribution in [0.4, 0.5) is 11.4 Å². The summed E-state index contributed by atoms with van der Waals surface area (Å²) in [6.07, 6.45) is 1.50. The standard InChI is InChI=1S/C16H12ClIN2O6/c1-25-14-5-9(4-12(18)16(14)26-8-15(21)22)7-19-10-2-3-11(17)13(6-10)20(23)24/h2-7H,8H2,1H3,(H,21,22). The van der Waals surface area contributed by atoms with E-state index in [-0.39, 0.29) is 10.7 Å². The van der Waals surface area contributed by atoms with Crippen LogP contribution in [-0.4, -0.2) is 35.9 Å². The Balaban J connectivity index is 2.31. The molecule has 0 aliphatic rings. The van der Waals surface area contributed by atoms with Crippen LogP contribution >= 0.6 is 34.2 Å². The van der Waals surface area contributed by atoms with Gasteiger partial charge in [0.25, 0.3) is 5.69 Å². The van der Waals surface area contributed by atoms with Crippen LogP contribution in [0, 0.1) is 13.7 Å². The number of carbonyl (C=O) groups is 1. The molecule has 26 heavy (non-hydrogen) atoms. The lowest BCUT2D eigenvalue weighted by Gasteiger charge is -2.12. The normalized spacial score (nSPS) is 10.7. The van der Waals surface area contributed by atoms with Gasteiger partial charge in [-0.05, 0) is 52.4 Å². The number of ether oxygens (including phenoxy) is 2. The van der Waals surface area contributed by atoms with Gasteiger partial charge in [0.1, 0.15) is 5.02 Å². The molecule has 1 N–H and O–H groups in total. The summed E-state index contributed by atoms with van der Waals surface area (Å²) in [6, 6.07) is 7.56. The summed E-state index contributed by atoms with van der Waals surface area (Å²) < 4.78 is 11.1. The van der Waals surface area contributed by atoms with E-state index < -0.39 is 17.5 Å². The van der Waals surface area contributed by atoms with Gasteiger partial charge in [-0.2, -0.15) is 0 Å². The van der Waals surface area contributed by atoms with Gasteiger partial charge in [-0.25, -0.2) is 4.79 Å². The quantitative estimate of drug-likeness (QED) is 0.271. The summed E-state index contributed by atoms with van der Waals surface area (Å²) in [5.74, 6) is -0.436. The molecule has 0 atom stereocenters. The second-order valence-electron chi connectivity index (χ2n) is 4.87. The van der Waals surface area contributed by atoms with E-state index in [0.29, 0.717) is 26.3 Å². The molecule has 0 saturated carbocycles. The van der Waals surface area contributed by atoms with Crippen molar-refractivity contribution in [2.24, 2.45) is 4.99 Å². The van der Waals surface area contributed by atoms with Gasteiger partial charge in [-0.1, -0.05) is 11.6 Å². The third kappa shape index (κ3) is 5.05. The Morgan fingerprint density at radius 3 is 2.77 bits per heavy atom. The van der Waals surface area contributed by atoms with E-state index in [1.54, 1.807) is 18.2 Å². The number of carboxylic acid groups (broad SMARTS) is 1. The van der Waals surface area contributed by atoms with Gasteiger partial charge in [-0.15, -0.1) is 0 Å². The molecular formula is C16H12ClIN2O6. The van der Waals surface area contributed by atoms with Crippen LogP contribution in [0.2, 0.25) is 5.02 Å². The number of hydrogen-bond acceptors (Lipinski definition) is 6. The highest BCUT2D eigenvalue weighted by Crippen LogP contribution is 2.34. The van der Waals surface area contributed by atoms with E-state index in [0.717, 1.165) is 0 Å². The SMILES string of the molecule is COc1cc(C=Nc2ccc(Cl)c([N+](=O)[O-])c2)cc(I)c1OCC(=O)O. The van der Waals surface area contributed by atoms with Gasteiger partial charge in [0.05, 0.1) is 21.3 Å². The monoisotopic (exact) mass is 490 g/mol. The van der Waals surface area contributed by atoms with Crippen molar-refractivity contribution in [3.05, 3.63) is 54.6 Å². The van der Waals surface area contributed by atoms with Gasteiger partial charge in [0.2, 0.25) is 0 Å². The van der Waals surface area contributed by atoms with Gasteiger partial charge in [-0.3, -0.25) is 15.1 Å². The van der Waals surface area contributed by atoms with E-state index in [4.69, 9.17) is 26.2 Å². The third-order valence-electron chi connectivity index (χ3n) is 3.08. The lowest BCUT2D eigenvalue weighted by Crippen LogP contribution is -2.11. The fourth-order valence-corrected chi connectivity index (χ4v) is 2.93. The Hall–Kier alpha value is -2.40. The predicted molar refractivity (Wildman–Crippen MR) is 104 cm³/mol. The summed E-state index contributed by atoms with van der Waals surface area (Å²) in [4.78, 5) is 25.2. The number of rotatable bonds is 7. The predicted octanol–water partition coefficient (Wildman–Crippen LogP) is 4.08. The molecule has 0 aliphatic carbocycles. The first-order valence-corrected chi connectivity index (χ1v) is 8.47. The number of nitro benzene ring substituents is 1. The van der Waals surface area contributed by atoms with Crippen molar-refractivity contribution in [1.82, 2.24) is 0 Å². The minimum Gasteiger partial charge on any atom is -0.493 e. The van der Waals surface area contributed by atoms with Gasteiger partial charge < -0.3 is 14.6 Å². The molecule has 0 fully saturated rings. The molecule has 0 radical (unpaired) electrons. The number of carboxylic acids is 1. The molecule has 10 heteroatoms. The number of hydrogen-bond donors (Lipinski definition) is 1. The minimum atomic E-state index is -1.10. The highest BCUT2D eigenvalue weighted by Gasteiger charge is 2.14. The zero-order valence-electron chi connectivity index (χ0n) is 13.3. The lowest BCUT2D eigenvalue weighted by atomic mass is 10.2. The number of methoxy groups -OCH3 is 1. The van der Waals surface area contributed by atoms with Crippen LogP contribution in [0.25, 0.3) is 0 Å². The number of aliphatic carboxylic acids is 1. The van der Waals surface area contributed by atoms with E-state index >= 15 is 0 Å². The van der Waals surface area contributed by atoms with Crippen molar-refractivity contribution >= 4 is 57.8 Å². The van der Waals surface area contributed by atoms with Crippen LogP contribution in [-0.2, 0) is 4.79 Å². The average Bonchev–Trinajstić information content (AvgIpc) is 2.59. The fraction of sp³-hybridized carbons (Fsp3) is 0.125. The number of nitrogens with zero attached hydrogens (tertiary/aromatic N) is 2. The molecule has 136 valence electrons. The van der Waals surface area contributed by atoms with Crippen LogP contribution in [0.5, 0.6) is 11.5 Å². The van der Waals surface area contributed by atoms with Crippen molar-refractivity contribution < 1.29 is 24.3 Å². The van der Waals surface area contributed by atoms with Crippen molar-refractivity contribution in [2.75, 3.05) is 13.7 Å². The molecule has 0 aliphatic heterocycles. The first kappa shape index (κ1) is 19.9. The highest BCUT2D eigenvalue weighted by molar-refractivity contribution is 14.1. The van der Waals surface area contributed by atoms with Gasteiger partial charge >= 0.3 is 5.97 Å². The number of aliphatic imine (C=N–C) groups is 1. The molecule has 0 bridgehead atoms. The van der Waals surface area contributed by atoms with E-state index in [9.17, 15) is 14.9 Å². The van der Waals surface area contributed by atoms with Gasteiger partial charge in [0, 0.05) is 12.3 Å². The largest absolute Gasteiger partial charge is 0.493 e. The zero-order chi connectivity index (χ0) is 19.3. The molecular weight excluding hydrogens is 479 g/mol. The van der Waals surface area contributed by atoms with Crippen LogP contribution in [0.3, 0.4) is 0 Å². The number of halogens is 2. The topological polar surface area (TPSA) is 111 Å². The molecule has 0 saturated heterocycles. The van der Waals surface area contributed by atoms with E-state index in [1.165, 1.54) is 25.5 Å². The molecule has 2 rings (SSSR count). The van der Waals surface area contributed by atoms with E-state index in [1.807, 2.05) is 22.6 Å². The molecule has 0 aromatic heterocycles. The smallest absolute Gasteiger partial charge is 0.341 e. The fourth-order valence-electron chi connectivity index (χ4n) is 1.96.